The minimum absolute atomic E-state index is 0.0478. The number of hydrogen-bond acceptors (Lipinski definition) is 9. The van der Waals surface area contributed by atoms with Gasteiger partial charge in [0.05, 0.1) is 37.6 Å². The first-order valence-corrected chi connectivity index (χ1v) is 22.1. The molecule has 0 bridgehead atoms. The van der Waals surface area contributed by atoms with E-state index >= 15 is 0 Å². The normalized spacial score (nSPS) is 11.1. The molecule has 0 aliphatic heterocycles. The summed E-state index contributed by atoms with van der Waals surface area (Å²) in [7, 11) is 0. The number of nitrogen functional groups attached to an aromatic ring is 2. The molecule has 4 aromatic carbocycles. The van der Waals surface area contributed by atoms with Gasteiger partial charge in [0.1, 0.15) is 11.5 Å². The van der Waals surface area contributed by atoms with Crippen molar-refractivity contribution in [2.75, 3.05) is 37.9 Å². The van der Waals surface area contributed by atoms with Crippen molar-refractivity contribution >= 4 is 35.2 Å². The number of rotatable bonds is 31. The average molecular weight is 819 g/mol. The van der Waals surface area contributed by atoms with Crippen LogP contribution in [0.25, 0.3) is 6.08 Å². The first kappa shape index (κ1) is 47.1. The maximum atomic E-state index is 12.8. The topological polar surface area (TPSA) is 140 Å². The van der Waals surface area contributed by atoms with Gasteiger partial charge in [0.15, 0.2) is 5.78 Å². The quantitative estimate of drug-likeness (QED) is 0.0167. The molecule has 0 aromatic heterocycles. The lowest BCUT2D eigenvalue weighted by Crippen LogP contribution is -2.06. The summed E-state index contributed by atoms with van der Waals surface area (Å²) in [5.74, 6) is 0.990. The number of ketones is 1. The van der Waals surface area contributed by atoms with Crippen LogP contribution in [-0.4, -0.2) is 44.1 Å². The Hall–Kier alpha value is -5.57. The van der Waals surface area contributed by atoms with Crippen molar-refractivity contribution in [1.82, 2.24) is 0 Å². The predicted octanol–water partition coefficient (Wildman–Crippen LogP) is 12.2. The Morgan fingerprint density at radius 1 is 0.383 bits per heavy atom. The van der Waals surface area contributed by atoms with E-state index in [1.54, 1.807) is 54.6 Å². The maximum absolute atomic E-state index is 12.8. The van der Waals surface area contributed by atoms with Gasteiger partial charge in [-0.1, -0.05) is 108 Å². The zero-order chi connectivity index (χ0) is 42.5. The third kappa shape index (κ3) is 19.9. The molecule has 0 aliphatic carbocycles. The van der Waals surface area contributed by atoms with Gasteiger partial charge in [-0.3, -0.25) is 4.79 Å². The van der Waals surface area contributed by atoms with Gasteiger partial charge < -0.3 is 30.4 Å². The zero-order valence-corrected chi connectivity index (χ0v) is 35.5. The second kappa shape index (κ2) is 28.8. The fourth-order valence-corrected chi connectivity index (χ4v) is 6.66. The first-order chi connectivity index (χ1) is 29.4. The van der Waals surface area contributed by atoms with Crippen LogP contribution in [0.3, 0.4) is 0 Å². The number of benzene rings is 4. The Balaban J connectivity index is 0.923. The standard InChI is InChI=1S/C51H66N2O7/c52-45-28-22-43(23-29-45)50(55)59-39-17-13-9-5-1-3-7-11-15-37-57-47-32-19-41(20-33-47)21-36-49(54)42-26-34-48(35-27-42)58-38-16-12-8-4-2-6-10-14-18-40-60-51(56)44-24-30-46(53)31-25-44/h19-36H,1-18,37-40,52-53H2/b36-21+. The van der Waals surface area contributed by atoms with E-state index in [-0.39, 0.29) is 17.7 Å². The molecule has 9 nitrogen and oxygen atoms in total. The van der Waals surface area contributed by atoms with E-state index < -0.39 is 0 Å². The lowest BCUT2D eigenvalue weighted by molar-refractivity contribution is 0.0488. The molecule has 0 saturated carbocycles. The molecule has 4 N–H and O–H groups in total. The fraction of sp³-hybridized carbons (Fsp3) is 0.431. The van der Waals surface area contributed by atoms with Gasteiger partial charge in [0.25, 0.3) is 0 Å². The summed E-state index contributed by atoms with van der Waals surface area (Å²) in [6, 6.07) is 28.8. The van der Waals surface area contributed by atoms with E-state index in [0.29, 0.717) is 54.5 Å². The van der Waals surface area contributed by atoms with E-state index in [9.17, 15) is 14.4 Å². The molecule has 9 heteroatoms. The Kier molecular flexibility index (Phi) is 22.6. The molecular formula is C51H66N2O7. The van der Waals surface area contributed by atoms with Gasteiger partial charge in [0, 0.05) is 16.9 Å². The van der Waals surface area contributed by atoms with Crippen LogP contribution >= 0.6 is 0 Å². The molecule has 0 atom stereocenters. The molecule has 0 unspecified atom stereocenters. The smallest absolute Gasteiger partial charge is 0.338 e. The Bertz CT molecular complexity index is 1820. The van der Waals surface area contributed by atoms with Gasteiger partial charge in [-0.25, -0.2) is 9.59 Å². The number of carbonyl (C=O) groups excluding carboxylic acids is 3. The molecule has 0 radical (unpaired) electrons. The Labute approximate surface area is 357 Å². The molecule has 0 fully saturated rings. The van der Waals surface area contributed by atoms with E-state index in [2.05, 4.69) is 0 Å². The van der Waals surface area contributed by atoms with Crippen LogP contribution in [0.4, 0.5) is 11.4 Å². The van der Waals surface area contributed by atoms with E-state index in [1.807, 2.05) is 54.6 Å². The van der Waals surface area contributed by atoms with Crippen LogP contribution in [0, 0.1) is 0 Å². The van der Waals surface area contributed by atoms with Crippen molar-refractivity contribution in [3.8, 4) is 11.5 Å². The lowest BCUT2D eigenvalue weighted by atomic mass is 10.1. The third-order valence-electron chi connectivity index (χ3n) is 10.3. The molecule has 4 aromatic rings. The zero-order valence-electron chi connectivity index (χ0n) is 35.5. The van der Waals surface area contributed by atoms with Crippen LogP contribution in [0.1, 0.15) is 152 Å². The van der Waals surface area contributed by atoms with Crippen molar-refractivity contribution in [3.63, 3.8) is 0 Å². The van der Waals surface area contributed by atoms with Crippen LogP contribution in [0.15, 0.2) is 103 Å². The summed E-state index contributed by atoms with van der Waals surface area (Å²) in [6.07, 6.45) is 23.7. The summed E-state index contributed by atoms with van der Waals surface area (Å²) in [6.45, 7) is 2.27. The molecule has 0 aliphatic rings. The molecule has 0 amide bonds. The highest BCUT2D eigenvalue weighted by Crippen LogP contribution is 2.18. The Morgan fingerprint density at radius 3 is 1.08 bits per heavy atom. The highest BCUT2D eigenvalue weighted by atomic mass is 16.5. The second-order valence-electron chi connectivity index (χ2n) is 15.4. The second-order valence-corrected chi connectivity index (χ2v) is 15.4. The molecule has 0 saturated heterocycles. The summed E-state index contributed by atoms with van der Waals surface area (Å²) < 4.78 is 22.5. The summed E-state index contributed by atoms with van der Waals surface area (Å²) in [5, 5.41) is 0. The largest absolute Gasteiger partial charge is 0.494 e. The first-order valence-electron chi connectivity index (χ1n) is 22.1. The number of allylic oxidation sites excluding steroid dienone is 1. The van der Waals surface area contributed by atoms with Crippen molar-refractivity contribution in [2.45, 2.75) is 116 Å². The number of anilines is 2. The third-order valence-corrected chi connectivity index (χ3v) is 10.3. The molecule has 322 valence electrons. The molecule has 60 heavy (non-hydrogen) atoms. The number of esters is 2. The van der Waals surface area contributed by atoms with Gasteiger partial charge in [-0.2, -0.15) is 0 Å². The summed E-state index contributed by atoms with van der Waals surface area (Å²) >= 11 is 0. The van der Waals surface area contributed by atoms with Crippen LogP contribution in [0.5, 0.6) is 11.5 Å². The molecular weight excluding hydrogens is 753 g/mol. The van der Waals surface area contributed by atoms with E-state index in [1.165, 1.54) is 51.4 Å². The van der Waals surface area contributed by atoms with Crippen LogP contribution in [0.2, 0.25) is 0 Å². The van der Waals surface area contributed by atoms with Gasteiger partial charge >= 0.3 is 11.9 Å². The average Bonchev–Trinajstić information content (AvgIpc) is 3.27. The van der Waals surface area contributed by atoms with Crippen LogP contribution < -0.4 is 20.9 Å². The van der Waals surface area contributed by atoms with Crippen molar-refractivity contribution in [3.05, 3.63) is 125 Å². The number of ether oxygens (including phenoxy) is 4. The van der Waals surface area contributed by atoms with Gasteiger partial charge in [-0.15, -0.1) is 0 Å². The van der Waals surface area contributed by atoms with E-state index in [4.69, 9.17) is 30.4 Å². The molecule has 0 heterocycles. The number of hydrogen-bond donors (Lipinski definition) is 2. The minimum Gasteiger partial charge on any atom is -0.494 e. The number of carbonyl (C=O) groups is 3. The maximum Gasteiger partial charge on any atom is 0.338 e. The summed E-state index contributed by atoms with van der Waals surface area (Å²) in [5.41, 5.74) is 15.2. The number of unbranched alkanes of at least 4 members (excludes halogenated alkanes) is 16. The molecule has 0 spiro atoms. The van der Waals surface area contributed by atoms with Crippen LogP contribution in [-0.2, 0) is 9.47 Å². The minimum atomic E-state index is -0.291. The fourth-order valence-electron chi connectivity index (χ4n) is 6.66. The predicted molar refractivity (Wildman–Crippen MR) is 243 cm³/mol. The lowest BCUT2D eigenvalue weighted by Gasteiger charge is -2.07. The Morgan fingerprint density at radius 2 is 0.700 bits per heavy atom. The van der Waals surface area contributed by atoms with Crippen molar-refractivity contribution in [1.29, 1.82) is 0 Å². The van der Waals surface area contributed by atoms with Crippen molar-refractivity contribution in [2.24, 2.45) is 0 Å². The van der Waals surface area contributed by atoms with Gasteiger partial charge in [-0.05, 0) is 122 Å². The monoisotopic (exact) mass is 818 g/mol. The van der Waals surface area contributed by atoms with Crippen molar-refractivity contribution < 1.29 is 33.3 Å². The highest BCUT2D eigenvalue weighted by Gasteiger charge is 2.08. The summed E-state index contributed by atoms with van der Waals surface area (Å²) in [4.78, 5) is 36.8. The number of nitrogens with two attached hydrogens (primary N) is 2. The SMILES string of the molecule is Nc1ccc(C(=O)OCCCCCCCCCCCOc2ccc(/C=C/C(=O)c3ccc(OCCCCCCCCCCCOC(=O)c4ccc(N)cc4)cc3)cc2)cc1. The van der Waals surface area contributed by atoms with E-state index in [0.717, 1.165) is 81.3 Å². The highest BCUT2D eigenvalue weighted by molar-refractivity contribution is 6.06. The van der Waals surface area contributed by atoms with Gasteiger partial charge in [0.2, 0.25) is 0 Å². The molecule has 4 rings (SSSR count).